The van der Waals surface area contributed by atoms with Gasteiger partial charge in [-0.2, -0.15) is 0 Å². The SMILES string of the molecule is CCC(NC(=O)CC1CCN(C(=O)OC(C)(C)C)CC1)c1ccccc1OCC(=O)N1CCCC1. The van der Waals surface area contributed by atoms with Gasteiger partial charge in [-0.25, -0.2) is 4.79 Å². The van der Waals surface area contributed by atoms with Crippen LogP contribution in [0.25, 0.3) is 0 Å². The number of hydrogen-bond acceptors (Lipinski definition) is 5. The van der Waals surface area contributed by atoms with Crippen molar-refractivity contribution < 1.29 is 23.9 Å². The summed E-state index contributed by atoms with van der Waals surface area (Å²) in [7, 11) is 0. The van der Waals surface area contributed by atoms with Crippen LogP contribution in [0.2, 0.25) is 0 Å². The number of piperidine rings is 1. The number of nitrogens with one attached hydrogen (secondary N) is 1. The van der Waals surface area contributed by atoms with Gasteiger partial charge in [-0.1, -0.05) is 25.1 Å². The maximum Gasteiger partial charge on any atom is 0.410 e. The number of carbonyl (C=O) groups is 3. The van der Waals surface area contributed by atoms with Crippen molar-refractivity contribution in [2.45, 2.75) is 77.9 Å². The first-order valence-electron chi connectivity index (χ1n) is 12.9. The largest absolute Gasteiger partial charge is 0.483 e. The van der Waals surface area contributed by atoms with Crippen molar-refractivity contribution in [3.8, 4) is 5.75 Å². The van der Waals surface area contributed by atoms with E-state index >= 15 is 0 Å². The molecule has 8 heteroatoms. The van der Waals surface area contributed by atoms with Gasteiger partial charge < -0.3 is 24.6 Å². The van der Waals surface area contributed by atoms with Gasteiger partial charge >= 0.3 is 6.09 Å². The maximum absolute atomic E-state index is 12.9. The van der Waals surface area contributed by atoms with E-state index in [1.807, 2.05) is 56.9 Å². The van der Waals surface area contributed by atoms with E-state index in [1.165, 1.54) is 0 Å². The highest BCUT2D eigenvalue weighted by molar-refractivity contribution is 5.78. The number of ether oxygens (including phenoxy) is 2. The normalized spacial score (nSPS) is 17.7. The molecule has 1 unspecified atom stereocenters. The number of rotatable bonds is 8. The third-order valence-corrected chi connectivity index (χ3v) is 6.59. The van der Waals surface area contributed by atoms with Crippen LogP contribution in [-0.2, 0) is 14.3 Å². The van der Waals surface area contributed by atoms with E-state index < -0.39 is 5.60 Å². The summed E-state index contributed by atoms with van der Waals surface area (Å²) >= 11 is 0. The second-order valence-corrected chi connectivity index (χ2v) is 10.6. The van der Waals surface area contributed by atoms with Gasteiger partial charge in [-0.05, 0) is 64.9 Å². The molecule has 1 aromatic carbocycles. The lowest BCUT2D eigenvalue weighted by molar-refractivity contribution is -0.132. The lowest BCUT2D eigenvalue weighted by atomic mass is 9.93. The van der Waals surface area contributed by atoms with E-state index in [9.17, 15) is 14.4 Å². The lowest BCUT2D eigenvalue weighted by Crippen LogP contribution is -2.42. The van der Waals surface area contributed by atoms with Crippen LogP contribution in [0.1, 0.15) is 77.8 Å². The van der Waals surface area contributed by atoms with E-state index in [0.717, 1.165) is 44.3 Å². The first-order valence-corrected chi connectivity index (χ1v) is 12.9. The Balaban J connectivity index is 1.50. The number of nitrogens with zero attached hydrogens (tertiary/aromatic N) is 2. The molecule has 0 spiro atoms. The number of benzene rings is 1. The van der Waals surface area contributed by atoms with Crippen LogP contribution in [0, 0.1) is 5.92 Å². The van der Waals surface area contributed by atoms with Gasteiger partial charge in [0.2, 0.25) is 5.91 Å². The fraction of sp³-hybridized carbons (Fsp3) is 0.667. The summed E-state index contributed by atoms with van der Waals surface area (Å²) in [6.07, 6.45) is 4.51. The van der Waals surface area contributed by atoms with Gasteiger partial charge in [0.05, 0.1) is 6.04 Å². The molecule has 2 fully saturated rings. The minimum atomic E-state index is -0.509. The molecule has 1 N–H and O–H groups in total. The lowest BCUT2D eigenvalue weighted by Gasteiger charge is -2.33. The van der Waals surface area contributed by atoms with Crippen LogP contribution >= 0.6 is 0 Å². The Bertz CT molecular complexity index is 868. The number of para-hydroxylation sites is 1. The van der Waals surface area contributed by atoms with Crippen LogP contribution in [-0.4, -0.2) is 66.1 Å². The van der Waals surface area contributed by atoms with Crippen molar-refractivity contribution in [3.63, 3.8) is 0 Å². The van der Waals surface area contributed by atoms with E-state index in [2.05, 4.69) is 5.32 Å². The molecule has 35 heavy (non-hydrogen) atoms. The number of hydrogen-bond donors (Lipinski definition) is 1. The fourth-order valence-electron chi connectivity index (χ4n) is 4.66. The molecule has 8 nitrogen and oxygen atoms in total. The van der Waals surface area contributed by atoms with E-state index in [0.29, 0.717) is 31.7 Å². The van der Waals surface area contributed by atoms with Crippen molar-refractivity contribution in [2.75, 3.05) is 32.8 Å². The quantitative estimate of drug-likeness (QED) is 0.591. The Morgan fingerprint density at radius 2 is 1.69 bits per heavy atom. The number of amides is 3. The van der Waals surface area contributed by atoms with Gasteiger partial charge in [0.1, 0.15) is 11.4 Å². The fourth-order valence-corrected chi connectivity index (χ4v) is 4.66. The average Bonchev–Trinajstić information content (AvgIpc) is 3.36. The molecule has 2 aliphatic heterocycles. The average molecular weight is 488 g/mol. The monoisotopic (exact) mass is 487 g/mol. The summed E-state index contributed by atoms with van der Waals surface area (Å²) in [6.45, 7) is 10.4. The zero-order valence-corrected chi connectivity index (χ0v) is 21.7. The Labute approximate surface area is 209 Å². The van der Waals surface area contributed by atoms with Crippen LogP contribution in [0.3, 0.4) is 0 Å². The highest BCUT2D eigenvalue weighted by Crippen LogP contribution is 2.28. The zero-order valence-electron chi connectivity index (χ0n) is 21.7. The second kappa shape index (κ2) is 12.3. The minimum absolute atomic E-state index is 0.00415. The van der Waals surface area contributed by atoms with Crippen LogP contribution in [0.4, 0.5) is 4.79 Å². The second-order valence-electron chi connectivity index (χ2n) is 10.6. The summed E-state index contributed by atoms with van der Waals surface area (Å²) in [6, 6.07) is 7.41. The van der Waals surface area contributed by atoms with Gasteiger partial charge in [0.15, 0.2) is 6.61 Å². The predicted molar refractivity (Wildman–Crippen MR) is 134 cm³/mol. The topological polar surface area (TPSA) is 88.2 Å². The van der Waals surface area contributed by atoms with E-state index in [1.54, 1.807) is 4.90 Å². The zero-order chi connectivity index (χ0) is 25.4. The van der Waals surface area contributed by atoms with Crippen molar-refractivity contribution in [1.29, 1.82) is 0 Å². The molecule has 3 rings (SSSR count). The van der Waals surface area contributed by atoms with Gasteiger partial charge in [0, 0.05) is 38.2 Å². The Morgan fingerprint density at radius 1 is 1.03 bits per heavy atom. The minimum Gasteiger partial charge on any atom is -0.483 e. The molecule has 0 bridgehead atoms. The van der Waals surface area contributed by atoms with E-state index in [-0.39, 0.29) is 36.5 Å². The Kier molecular flexibility index (Phi) is 9.40. The summed E-state index contributed by atoms with van der Waals surface area (Å²) in [5.74, 6) is 0.872. The molecule has 3 amide bonds. The van der Waals surface area contributed by atoms with Crippen molar-refractivity contribution in [2.24, 2.45) is 5.92 Å². The summed E-state index contributed by atoms with van der Waals surface area (Å²) < 4.78 is 11.4. The molecule has 0 aromatic heterocycles. The molecular formula is C27H41N3O5. The standard InChI is InChI=1S/C27H41N3O5/c1-5-22(21-10-6-7-11-23(21)34-19-25(32)29-14-8-9-15-29)28-24(31)18-20-12-16-30(17-13-20)26(33)35-27(2,3)4/h6-7,10-11,20,22H,5,8-9,12-19H2,1-4H3,(H,28,31). The van der Waals surface area contributed by atoms with E-state index in [4.69, 9.17) is 9.47 Å². The summed E-state index contributed by atoms with van der Waals surface area (Å²) in [5.41, 5.74) is 0.377. The predicted octanol–water partition coefficient (Wildman–Crippen LogP) is 4.29. The molecule has 1 atom stereocenters. The Morgan fingerprint density at radius 3 is 2.31 bits per heavy atom. The number of likely N-dealkylation sites (tertiary alicyclic amines) is 2. The molecule has 2 saturated heterocycles. The Hall–Kier alpha value is -2.77. The molecule has 2 heterocycles. The summed E-state index contributed by atoms with van der Waals surface area (Å²) in [5, 5.41) is 3.16. The van der Waals surface area contributed by atoms with Crippen LogP contribution < -0.4 is 10.1 Å². The molecule has 1 aromatic rings. The first kappa shape index (κ1) is 26.8. The smallest absolute Gasteiger partial charge is 0.410 e. The third-order valence-electron chi connectivity index (χ3n) is 6.59. The molecule has 0 aliphatic carbocycles. The molecular weight excluding hydrogens is 446 g/mol. The van der Waals surface area contributed by atoms with Crippen molar-refractivity contribution in [3.05, 3.63) is 29.8 Å². The van der Waals surface area contributed by atoms with Crippen molar-refractivity contribution in [1.82, 2.24) is 15.1 Å². The summed E-state index contributed by atoms with van der Waals surface area (Å²) in [4.78, 5) is 41.1. The van der Waals surface area contributed by atoms with Gasteiger partial charge in [0.25, 0.3) is 5.91 Å². The maximum atomic E-state index is 12.9. The molecule has 2 aliphatic rings. The van der Waals surface area contributed by atoms with Crippen molar-refractivity contribution >= 4 is 17.9 Å². The van der Waals surface area contributed by atoms with Crippen LogP contribution in [0.5, 0.6) is 5.75 Å². The number of carbonyl (C=O) groups excluding carboxylic acids is 3. The van der Waals surface area contributed by atoms with Gasteiger partial charge in [-0.3, -0.25) is 9.59 Å². The van der Waals surface area contributed by atoms with Crippen LogP contribution in [0.15, 0.2) is 24.3 Å². The molecule has 194 valence electrons. The van der Waals surface area contributed by atoms with Gasteiger partial charge in [-0.15, -0.1) is 0 Å². The first-order chi connectivity index (χ1) is 16.7. The molecule has 0 radical (unpaired) electrons. The highest BCUT2D eigenvalue weighted by atomic mass is 16.6. The third kappa shape index (κ3) is 8.15. The highest BCUT2D eigenvalue weighted by Gasteiger charge is 2.28. The molecule has 0 saturated carbocycles.